The number of hydrogen-bond donors (Lipinski definition) is 1. The summed E-state index contributed by atoms with van der Waals surface area (Å²) in [5.74, 6) is -0.561. The maximum Gasteiger partial charge on any atom is 0.274 e. The second-order valence-electron chi connectivity index (χ2n) is 6.04. The van der Waals surface area contributed by atoms with Crippen LogP contribution in [0.5, 0.6) is 0 Å². The number of amides is 2. The predicted molar refractivity (Wildman–Crippen MR) is 119 cm³/mol. The molecule has 3 rings (SSSR count). The Morgan fingerprint density at radius 2 is 1.90 bits per heavy atom. The molecule has 2 amide bonds. The lowest BCUT2D eigenvalue weighted by molar-refractivity contribution is 0.0828. The molecule has 0 aliphatic rings. The number of halogens is 4. The fraction of sp³-hybridized carbons (Fsp3) is 0.111. The van der Waals surface area contributed by atoms with Gasteiger partial charge in [-0.05, 0) is 40.2 Å². The zero-order valence-electron chi connectivity index (χ0n) is 15.1. The molecule has 0 saturated heterocycles. The van der Waals surface area contributed by atoms with Gasteiger partial charge in [-0.15, -0.1) is 0 Å². The summed E-state index contributed by atoms with van der Waals surface area (Å²) in [5, 5.41) is 7.26. The van der Waals surface area contributed by atoms with Crippen LogP contribution in [-0.4, -0.2) is 45.6 Å². The Balaban J connectivity index is 2.05. The van der Waals surface area contributed by atoms with E-state index in [0.29, 0.717) is 25.2 Å². The highest BCUT2D eigenvalue weighted by Crippen LogP contribution is 2.32. The quantitative estimate of drug-likeness (QED) is 0.483. The monoisotopic (exact) mass is 559 g/mol. The van der Waals surface area contributed by atoms with Crippen molar-refractivity contribution in [2.24, 2.45) is 0 Å². The molecule has 0 atom stereocenters. The predicted octanol–water partition coefficient (Wildman–Crippen LogP) is 5.05. The molecule has 0 aliphatic carbocycles. The minimum atomic E-state index is -0.540. The van der Waals surface area contributed by atoms with Crippen LogP contribution < -0.4 is 5.32 Å². The van der Waals surface area contributed by atoms with Gasteiger partial charge in [-0.2, -0.15) is 5.10 Å². The third-order valence-corrected chi connectivity index (χ3v) is 5.34. The van der Waals surface area contributed by atoms with E-state index < -0.39 is 5.91 Å². The van der Waals surface area contributed by atoms with Gasteiger partial charge in [0.15, 0.2) is 11.0 Å². The number of rotatable bonds is 4. The standard InChI is InChI=1S/C18H13Br2Cl2N5O2/c1-26(2)18(29)10-6-9(19)7-11(20)15(10)24-17(28)13-8-14(22)25-27(13)16-12(21)4-3-5-23-16/h3-8H,1-2H3,(H,24,28). The van der Waals surface area contributed by atoms with Gasteiger partial charge >= 0.3 is 0 Å². The molecule has 2 aromatic heterocycles. The van der Waals surface area contributed by atoms with Crippen molar-refractivity contribution in [3.05, 3.63) is 66.9 Å². The number of pyridine rings is 1. The van der Waals surface area contributed by atoms with E-state index >= 15 is 0 Å². The first-order chi connectivity index (χ1) is 13.7. The van der Waals surface area contributed by atoms with E-state index in [2.05, 4.69) is 47.3 Å². The van der Waals surface area contributed by atoms with E-state index in [9.17, 15) is 9.59 Å². The van der Waals surface area contributed by atoms with Crippen LogP contribution in [0, 0.1) is 0 Å². The zero-order valence-corrected chi connectivity index (χ0v) is 19.8. The zero-order chi connectivity index (χ0) is 21.3. The average Bonchev–Trinajstić information content (AvgIpc) is 3.05. The normalized spacial score (nSPS) is 10.7. The van der Waals surface area contributed by atoms with Gasteiger partial charge in [0.1, 0.15) is 5.69 Å². The lowest BCUT2D eigenvalue weighted by Gasteiger charge is -2.17. The number of nitrogens with zero attached hydrogens (tertiary/aromatic N) is 4. The van der Waals surface area contributed by atoms with Gasteiger partial charge in [-0.3, -0.25) is 9.59 Å². The molecule has 150 valence electrons. The Kier molecular flexibility index (Phi) is 6.62. The number of nitrogens with one attached hydrogen (secondary N) is 1. The molecule has 0 unspecified atom stereocenters. The SMILES string of the molecule is CN(C)C(=O)c1cc(Br)cc(Br)c1NC(=O)c1cc(Cl)nn1-c1ncccc1Cl. The number of carbonyl (C=O) groups excluding carboxylic acids is 2. The first-order valence-corrected chi connectivity index (χ1v) is 10.4. The lowest BCUT2D eigenvalue weighted by Crippen LogP contribution is -2.25. The molecule has 0 saturated carbocycles. The van der Waals surface area contributed by atoms with Gasteiger partial charge in [0.25, 0.3) is 11.8 Å². The van der Waals surface area contributed by atoms with E-state index in [1.165, 1.54) is 21.8 Å². The topological polar surface area (TPSA) is 80.1 Å². The summed E-state index contributed by atoms with van der Waals surface area (Å²) in [4.78, 5) is 31.2. The van der Waals surface area contributed by atoms with Gasteiger partial charge in [-0.25, -0.2) is 9.67 Å². The highest BCUT2D eigenvalue weighted by atomic mass is 79.9. The van der Waals surface area contributed by atoms with Gasteiger partial charge < -0.3 is 10.2 Å². The Morgan fingerprint density at radius 3 is 2.55 bits per heavy atom. The van der Waals surface area contributed by atoms with Crippen LogP contribution in [0.2, 0.25) is 10.2 Å². The molecule has 7 nitrogen and oxygen atoms in total. The summed E-state index contributed by atoms with van der Waals surface area (Å²) in [6.07, 6.45) is 1.53. The number of benzene rings is 1. The number of hydrogen-bond acceptors (Lipinski definition) is 4. The molecule has 3 aromatic rings. The maximum absolute atomic E-state index is 13.1. The molecule has 0 bridgehead atoms. The van der Waals surface area contributed by atoms with Crippen molar-refractivity contribution in [1.82, 2.24) is 19.7 Å². The van der Waals surface area contributed by atoms with Crippen molar-refractivity contribution in [2.75, 3.05) is 19.4 Å². The van der Waals surface area contributed by atoms with Gasteiger partial charge in [0, 0.05) is 35.3 Å². The molecule has 1 aromatic carbocycles. The Hall–Kier alpha value is -1.94. The molecular weight excluding hydrogens is 549 g/mol. The van der Waals surface area contributed by atoms with Crippen molar-refractivity contribution in [3.8, 4) is 5.82 Å². The van der Waals surface area contributed by atoms with Crippen LogP contribution in [0.3, 0.4) is 0 Å². The van der Waals surface area contributed by atoms with Crippen molar-refractivity contribution in [1.29, 1.82) is 0 Å². The molecule has 2 heterocycles. The van der Waals surface area contributed by atoms with Crippen molar-refractivity contribution >= 4 is 72.6 Å². The van der Waals surface area contributed by atoms with Gasteiger partial charge in [-0.1, -0.05) is 39.1 Å². The van der Waals surface area contributed by atoms with Crippen LogP contribution >= 0.6 is 55.1 Å². The summed E-state index contributed by atoms with van der Waals surface area (Å²) >= 11 is 19.0. The van der Waals surface area contributed by atoms with Crippen LogP contribution in [0.1, 0.15) is 20.8 Å². The first-order valence-electron chi connectivity index (χ1n) is 8.07. The highest BCUT2D eigenvalue weighted by molar-refractivity contribution is 9.11. The minimum Gasteiger partial charge on any atom is -0.345 e. The second-order valence-corrected chi connectivity index (χ2v) is 8.60. The molecule has 0 aliphatic heterocycles. The van der Waals surface area contributed by atoms with Gasteiger partial charge in [0.05, 0.1) is 16.3 Å². The fourth-order valence-electron chi connectivity index (χ4n) is 2.50. The first kappa shape index (κ1) is 21.8. The summed E-state index contributed by atoms with van der Waals surface area (Å²) < 4.78 is 2.46. The fourth-order valence-corrected chi connectivity index (χ4v) is 4.20. The number of aromatic nitrogens is 3. The van der Waals surface area contributed by atoms with Gasteiger partial charge in [0.2, 0.25) is 0 Å². The molecule has 0 spiro atoms. The van der Waals surface area contributed by atoms with Crippen LogP contribution in [0.25, 0.3) is 5.82 Å². The number of anilines is 1. The Bertz CT molecular complexity index is 1120. The average molecular weight is 562 g/mol. The summed E-state index contributed by atoms with van der Waals surface area (Å²) in [6, 6.07) is 8.03. The van der Waals surface area contributed by atoms with E-state index in [-0.39, 0.29) is 22.6 Å². The van der Waals surface area contributed by atoms with Crippen LogP contribution in [0.4, 0.5) is 5.69 Å². The third kappa shape index (κ3) is 4.63. The van der Waals surface area contributed by atoms with E-state index in [0.717, 1.165) is 0 Å². The molecule has 0 radical (unpaired) electrons. The molecule has 29 heavy (non-hydrogen) atoms. The number of carbonyl (C=O) groups is 2. The summed E-state index contributed by atoms with van der Waals surface area (Å²) in [6.45, 7) is 0. The maximum atomic E-state index is 13.1. The summed E-state index contributed by atoms with van der Waals surface area (Å²) in [5.41, 5.74) is 0.721. The minimum absolute atomic E-state index is 0.0938. The smallest absolute Gasteiger partial charge is 0.274 e. The van der Waals surface area contributed by atoms with E-state index in [4.69, 9.17) is 23.2 Å². The summed E-state index contributed by atoms with van der Waals surface area (Å²) in [7, 11) is 3.25. The van der Waals surface area contributed by atoms with Crippen molar-refractivity contribution in [3.63, 3.8) is 0 Å². The van der Waals surface area contributed by atoms with Crippen molar-refractivity contribution in [2.45, 2.75) is 0 Å². The highest BCUT2D eigenvalue weighted by Gasteiger charge is 2.23. The molecular formula is C18H13Br2Cl2N5O2. The Morgan fingerprint density at radius 1 is 1.17 bits per heavy atom. The third-order valence-electron chi connectivity index (χ3n) is 3.78. The molecule has 11 heteroatoms. The molecule has 0 fully saturated rings. The van der Waals surface area contributed by atoms with Crippen molar-refractivity contribution < 1.29 is 9.59 Å². The Labute approximate surface area is 193 Å². The lowest BCUT2D eigenvalue weighted by atomic mass is 10.1. The molecule has 1 N–H and O–H groups in total. The second kappa shape index (κ2) is 8.83. The van der Waals surface area contributed by atoms with Crippen LogP contribution in [0.15, 0.2) is 45.5 Å². The van der Waals surface area contributed by atoms with Crippen LogP contribution in [-0.2, 0) is 0 Å². The van der Waals surface area contributed by atoms with E-state index in [1.807, 2.05) is 0 Å². The van der Waals surface area contributed by atoms with E-state index in [1.54, 1.807) is 38.4 Å². The largest absolute Gasteiger partial charge is 0.345 e.